The maximum atomic E-state index is 14.8. The normalized spacial score (nSPS) is 28.5. The Hall–Kier alpha value is -4.28. The molecule has 3 aliphatic carbocycles. The molecule has 60 heavy (non-hydrogen) atoms. The van der Waals surface area contributed by atoms with Gasteiger partial charge in [-0.3, -0.25) is 14.6 Å². The third-order valence-electron chi connectivity index (χ3n) is 12.1. The topological polar surface area (TPSA) is 184 Å². The predicted octanol–water partition coefficient (Wildman–Crippen LogP) is 5.40. The molecule has 5 aliphatic rings. The number of aliphatic imine (C=N–C) groups is 1. The van der Waals surface area contributed by atoms with Crippen molar-refractivity contribution in [1.29, 1.82) is 0 Å². The maximum Gasteiger partial charge on any atom is 0.408 e. The van der Waals surface area contributed by atoms with Crippen molar-refractivity contribution < 1.29 is 38.5 Å². The first-order valence-electron chi connectivity index (χ1n) is 20.9. The number of nitrogens with zero attached hydrogens (tertiary/aromatic N) is 4. The van der Waals surface area contributed by atoms with Gasteiger partial charge < -0.3 is 45.1 Å². The molecule has 3 heterocycles. The van der Waals surface area contributed by atoms with Gasteiger partial charge in [-0.25, -0.2) is 14.6 Å². The third kappa shape index (κ3) is 9.45. The Kier molecular flexibility index (Phi) is 12.6. The van der Waals surface area contributed by atoms with Gasteiger partial charge in [-0.2, -0.15) is 0 Å². The van der Waals surface area contributed by atoms with E-state index in [1.807, 2.05) is 65.7 Å². The zero-order chi connectivity index (χ0) is 43.3. The summed E-state index contributed by atoms with van der Waals surface area (Å²) in [5.74, 6) is -0.0463. The molecule has 4 fully saturated rings. The molecule has 2 aromatic rings. The largest absolute Gasteiger partial charge is 0.491 e. The molecule has 7 rings (SSSR count). The standard InChI is InChI=1S/C43H58ClN7O8S/c1-9-25-19-43(25,39(54)55)49-37(52)31-17-27(20-51(31)38(53)36(42(4,5)6)48-41(56)59-26-15-23-14-24(23)16-26)58-33-18-29(30-21-60-40(47-30)45-22(2)3)46-35-28(33)10-11-32(34(35)44)57-13-12-50(7)8/h9-11,18,22-27,30-31,36H,1,12-17,19-21H2,2-8H3,(H,45,47)(H,48,56)(H,49,52)(H,54,55)/t23-,24+,25-,26?,27-,30?,31+,36-,43?/m1/s1. The number of ether oxygens (including phenoxy) is 3. The molecular formula is C43H58ClN7O8S. The summed E-state index contributed by atoms with van der Waals surface area (Å²) in [6, 6.07) is 3.12. The molecule has 0 spiro atoms. The van der Waals surface area contributed by atoms with Gasteiger partial charge in [-0.05, 0) is 83.0 Å². The highest BCUT2D eigenvalue weighted by Crippen LogP contribution is 2.52. The van der Waals surface area contributed by atoms with Crippen molar-refractivity contribution in [1.82, 2.24) is 30.7 Å². The number of amidine groups is 1. The van der Waals surface area contributed by atoms with Crippen LogP contribution in [0.5, 0.6) is 11.5 Å². The van der Waals surface area contributed by atoms with Crippen LogP contribution in [0.3, 0.4) is 0 Å². The summed E-state index contributed by atoms with van der Waals surface area (Å²) in [5, 5.41) is 20.8. The number of carbonyl (C=O) groups excluding carboxylic acids is 3. The summed E-state index contributed by atoms with van der Waals surface area (Å²) in [7, 11) is 3.91. The monoisotopic (exact) mass is 867 g/mol. The van der Waals surface area contributed by atoms with Gasteiger partial charge >= 0.3 is 12.1 Å². The zero-order valence-electron chi connectivity index (χ0n) is 35.5. The van der Waals surface area contributed by atoms with E-state index in [4.69, 9.17) is 35.8 Å². The zero-order valence-corrected chi connectivity index (χ0v) is 37.0. The average molecular weight is 868 g/mol. The SMILES string of the molecule is C=C[C@@H]1CC1(NC(=O)[C@@H]1C[C@@H](Oc2cc(C3CSC(NC(C)C)=N3)nc3c(Cl)c(OCCN(C)C)ccc23)CN1C(=O)[C@@H](NC(=O)OC1C[C@@H]2C[C@@H]2C1)C(C)(C)C)C(=O)O. The molecule has 15 nitrogen and oxygen atoms in total. The average Bonchev–Trinajstić information content (AvgIpc) is 3.84. The van der Waals surface area contributed by atoms with Crippen molar-refractivity contribution in [3.8, 4) is 11.5 Å². The minimum atomic E-state index is -1.53. The van der Waals surface area contributed by atoms with E-state index in [1.165, 1.54) is 17.4 Å². The molecular weight excluding hydrogens is 810 g/mol. The van der Waals surface area contributed by atoms with E-state index in [0.29, 0.717) is 63.9 Å². The van der Waals surface area contributed by atoms with Crippen LogP contribution in [-0.2, 0) is 19.1 Å². The van der Waals surface area contributed by atoms with Gasteiger partial charge in [0.1, 0.15) is 59.0 Å². The van der Waals surface area contributed by atoms with Crippen molar-refractivity contribution in [2.45, 2.75) is 109 Å². The predicted molar refractivity (Wildman–Crippen MR) is 231 cm³/mol. The van der Waals surface area contributed by atoms with Crippen molar-refractivity contribution >= 4 is 63.3 Å². The Morgan fingerprint density at radius 2 is 1.85 bits per heavy atom. The van der Waals surface area contributed by atoms with Crippen LogP contribution < -0.4 is 25.4 Å². The molecule has 3 amide bonds. The number of amides is 3. The van der Waals surface area contributed by atoms with E-state index in [1.54, 1.807) is 17.8 Å². The van der Waals surface area contributed by atoms with Crippen molar-refractivity contribution in [3.63, 3.8) is 0 Å². The number of carbonyl (C=O) groups is 4. The number of alkyl carbamates (subject to hydrolysis) is 1. The van der Waals surface area contributed by atoms with Gasteiger partial charge in [0, 0.05) is 42.1 Å². The smallest absolute Gasteiger partial charge is 0.408 e. The molecule has 3 saturated carbocycles. The van der Waals surface area contributed by atoms with Crippen LogP contribution in [0.4, 0.5) is 4.79 Å². The van der Waals surface area contributed by atoms with E-state index in [2.05, 4.69) is 22.5 Å². The molecule has 1 aromatic carbocycles. The minimum absolute atomic E-state index is 0.0321. The number of nitrogens with one attached hydrogen (secondary N) is 3. The molecule has 17 heteroatoms. The number of likely N-dealkylation sites (N-methyl/N-ethyl adjacent to an activating group) is 1. The number of pyridine rings is 1. The number of hydrogen-bond donors (Lipinski definition) is 4. The lowest BCUT2D eigenvalue weighted by Crippen LogP contribution is -2.59. The lowest BCUT2D eigenvalue weighted by atomic mass is 9.85. The number of thioether (sulfide) groups is 1. The Bertz CT molecular complexity index is 2050. The molecule has 9 atom stereocenters. The lowest BCUT2D eigenvalue weighted by molar-refractivity contribution is -0.146. The number of rotatable bonds is 15. The minimum Gasteiger partial charge on any atom is -0.491 e. The van der Waals surface area contributed by atoms with E-state index >= 15 is 0 Å². The maximum absolute atomic E-state index is 14.8. The van der Waals surface area contributed by atoms with E-state index in [-0.39, 0.29) is 37.6 Å². The molecule has 3 unspecified atom stereocenters. The second-order valence-electron chi connectivity index (χ2n) is 18.5. The fourth-order valence-electron chi connectivity index (χ4n) is 8.54. The molecule has 326 valence electrons. The van der Waals surface area contributed by atoms with Crippen LogP contribution in [0.2, 0.25) is 5.02 Å². The Labute approximate surface area is 360 Å². The first-order chi connectivity index (χ1) is 28.4. The highest BCUT2D eigenvalue weighted by atomic mass is 35.5. The van der Waals surface area contributed by atoms with Crippen LogP contribution in [0.1, 0.15) is 78.5 Å². The van der Waals surface area contributed by atoms with E-state index in [9.17, 15) is 24.3 Å². The van der Waals surface area contributed by atoms with Crippen molar-refractivity contribution in [3.05, 3.63) is 41.6 Å². The Balaban J connectivity index is 1.20. The van der Waals surface area contributed by atoms with Gasteiger partial charge in [0.05, 0.1) is 17.8 Å². The van der Waals surface area contributed by atoms with Gasteiger partial charge in [-0.1, -0.05) is 50.2 Å². The van der Waals surface area contributed by atoms with Crippen LogP contribution >= 0.6 is 23.4 Å². The van der Waals surface area contributed by atoms with Crippen LogP contribution in [-0.4, -0.2) is 124 Å². The molecule has 0 bridgehead atoms. The highest BCUT2D eigenvalue weighted by Gasteiger charge is 2.61. The highest BCUT2D eigenvalue weighted by molar-refractivity contribution is 8.14. The van der Waals surface area contributed by atoms with E-state index in [0.717, 1.165) is 18.0 Å². The number of carboxylic acids is 1. The van der Waals surface area contributed by atoms with Crippen LogP contribution in [0.25, 0.3) is 10.9 Å². The number of fused-ring (bicyclic) bond motifs is 2. The third-order valence-corrected chi connectivity index (χ3v) is 13.4. The van der Waals surface area contributed by atoms with Gasteiger partial charge in [0.25, 0.3) is 0 Å². The Morgan fingerprint density at radius 1 is 1.12 bits per heavy atom. The second-order valence-corrected chi connectivity index (χ2v) is 19.9. The summed E-state index contributed by atoms with van der Waals surface area (Å²) >= 11 is 8.63. The number of aromatic nitrogens is 1. The first-order valence-corrected chi connectivity index (χ1v) is 22.2. The molecule has 0 radical (unpaired) electrons. The quantitative estimate of drug-likeness (QED) is 0.168. The number of halogens is 1. The summed E-state index contributed by atoms with van der Waals surface area (Å²) in [4.78, 5) is 68.1. The molecule has 4 N–H and O–H groups in total. The Morgan fingerprint density at radius 3 is 2.48 bits per heavy atom. The number of likely N-dealkylation sites (tertiary alicyclic amines) is 1. The van der Waals surface area contributed by atoms with Gasteiger partial charge in [-0.15, -0.1) is 6.58 Å². The van der Waals surface area contributed by atoms with Gasteiger partial charge in [0.2, 0.25) is 11.8 Å². The number of benzene rings is 1. The molecule has 2 aliphatic heterocycles. The summed E-state index contributed by atoms with van der Waals surface area (Å²) in [6.07, 6.45) is 2.93. The summed E-state index contributed by atoms with van der Waals surface area (Å²) in [6.45, 7) is 14.4. The van der Waals surface area contributed by atoms with Gasteiger partial charge in [0.15, 0.2) is 5.17 Å². The fraction of sp³-hybridized carbons (Fsp3) is 0.628. The van der Waals surface area contributed by atoms with Crippen molar-refractivity contribution in [2.24, 2.45) is 28.2 Å². The lowest BCUT2D eigenvalue weighted by Gasteiger charge is -2.35. The molecule has 1 saturated heterocycles. The molecule has 1 aromatic heterocycles. The second kappa shape index (κ2) is 17.2. The summed E-state index contributed by atoms with van der Waals surface area (Å²) < 4.78 is 18.6. The fourth-order valence-corrected chi connectivity index (χ4v) is 9.89. The van der Waals surface area contributed by atoms with Crippen molar-refractivity contribution in [2.75, 3.05) is 39.5 Å². The number of carboxylic acid groups (broad SMARTS) is 1. The van der Waals surface area contributed by atoms with Crippen LogP contribution in [0.15, 0.2) is 35.8 Å². The summed E-state index contributed by atoms with van der Waals surface area (Å²) in [5.41, 5.74) is -1.23. The first kappa shape index (κ1) is 43.8. The van der Waals surface area contributed by atoms with Crippen LogP contribution in [0, 0.1) is 23.2 Å². The number of aliphatic carboxylic acids is 1. The number of hydrogen-bond acceptors (Lipinski definition) is 12. The van der Waals surface area contributed by atoms with E-state index < -0.39 is 58.9 Å².